The average molecular weight is 407 g/mol. The molecule has 6 heteroatoms. The van der Waals surface area contributed by atoms with Crippen LogP contribution in [0.4, 0.5) is 0 Å². The number of ketones is 1. The van der Waals surface area contributed by atoms with E-state index in [-0.39, 0.29) is 17.4 Å². The van der Waals surface area contributed by atoms with Crippen LogP contribution in [0, 0.1) is 0 Å². The molecule has 6 nitrogen and oxygen atoms in total. The van der Waals surface area contributed by atoms with Gasteiger partial charge in [0, 0.05) is 18.7 Å². The fourth-order valence-corrected chi connectivity index (χ4v) is 4.12. The van der Waals surface area contributed by atoms with Gasteiger partial charge in [-0.3, -0.25) is 9.59 Å². The van der Waals surface area contributed by atoms with Crippen molar-refractivity contribution in [3.8, 4) is 5.75 Å². The van der Waals surface area contributed by atoms with Crippen molar-refractivity contribution in [3.05, 3.63) is 71.3 Å². The number of amides is 1. The number of ether oxygens (including phenoxy) is 2. The van der Waals surface area contributed by atoms with E-state index in [0.29, 0.717) is 31.1 Å². The molecule has 0 spiro atoms. The van der Waals surface area contributed by atoms with E-state index < -0.39 is 17.7 Å². The molecule has 2 aliphatic heterocycles. The normalized spacial score (nSPS) is 23.2. The first-order chi connectivity index (χ1) is 14.6. The molecular formula is C24H25NO5. The zero-order valence-corrected chi connectivity index (χ0v) is 16.9. The molecule has 1 amide bonds. The van der Waals surface area contributed by atoms with Crippen LogP contribution in [0.1, 0.15) is 36.9 Å². The van der Waals surface area contributed by atoms with Crippen LogP contribution in [-0.4, -0.2) is 47.6 Å². The second-order valence-corrected chi connectivity index (χ2v) is 7.46. The third-order valence-corrected chi connectivity index (χ3v) is 5.50. The Morgan fingerprint density at radius 2 is 1.97 bits per heavy atom. The van der Waals surface area contributed by atoms with E-state index in [1.165, 1.54) is 4.90 Å². The van der Waals surface area contributed by atoms with E-state index in [4.69, 9.17) is 9.47 Å². The summed E-state index contributed by atoms with van der Waals surface area (Å²) in [5.41, 5.74) is 1.31. The number of benzene rings is 2. The minimum Gasteiger partial charge on any atom is -0.507 e. The van der Waals surface area contributed by atoms with E-state index in [2.05, 4.69) is 0 Å². The molecule has 0 radical (unpaired) electrons. The molecule has 0 aromatic heterocycles. The van der Waals surface area contributed by atoms with Crippen molar-refractivity contribution in [2.45, 2.75) is 31.9 Å². The number of nitrogens with zero attached hydrogens (tertiary/aromatic N) is 1. The molecule has 4 rings (SSSR count). The van der Waals surface area contributed by atoms with Gasteiger partial charge in [-0.05, 0) is 37.5 Å². The average Bonchev–Trinajstić information content (AvgIpc) is 3.37. The van der Waals surface area contributed by atoms with Crippen LogP contribution >= 0.6 is 0 Å². The van der Waals surface area contributed by atoms with Gasteiger partial charge in [-0.2, -0.15) is 0 Å². The Hall–Kier alpha value is -3.12. The summed E-state index contributed by atoms with van der Waals surface area (Å²) in [7, 11) is 0. The molecule has 2 aromatic carbocycles. The first kappa shape index (κ1) is 20.2. The van der Waals surface area contributed by atoms with E-state index in [1.54, 1.807) is 24.3 Å². The van der Waals surface area contributed by atoms with Gasteiger partial charge in [-0.25, -0.2) is 0 Å². The van der Waals surface area contributed by atoms with Gasteiger partial charge in [-0.15, -0.1) is 0 Å². The molecule has 2 fully saturated rings. The van der Waals surface area contributed by atoms with E-state index in [1.807, 2.05) is 37.3 Å². The molecule has 2 unspecified atom stereocenters. The zero-order valence-electron chi connectivity index (χ0n) is 16.9. The predicted molar refractivity (Wildman–Crippen MR) is 112 cm³/mol. The lowest BCUT2D eigenvalue weighted by molar-refractivity contribution is -0.140. The lowest BCUT2D eigenvalue weighted by Gasteiger charge is -2.27. The molecule has 1 N–H and O–H groups in total. The number of rotatable bonds is 6. The van der Waals surface area contributed by atoms with Crippen LogP contribution in [0.25, 0.3) is 5.76 Å². The van der Waals surface area contributed by atoms with Gasteiger partial charge in [0.25, 0.3) is 11.7 Å². The van der Waals surface area contributed by atoms with Gasteiger partial charge in [0.1, 0.15) is 11.5 Å². The van der Waals surface area contributed by atoms with Crippen LogP contribution in [0.3, 0.4) is 0 Å². The van der Waals surface area contributed by atoms with Gasteiger partial charge in [0.2, 0.25) is 0 Å². The Balaban J connectivity index is 1.82. The number of carbonyl (C=O) groups excluding carboxylic acids is 2. The van der Waals surface area contributed by atoms with Gasteiger partial charge in [-0.1, -0.05) is 42.5 Å². The van der Waals surface area contributed by atoms with Gasteiger partial charge in [0.15, 0.2) is 0 Å². The molecule has 2 saturated heterocycles. The van der Waals surface area contributed by atoms with Crippen LogP contribution < -0.4 is 4.74 Å². The molecule has 0 aliphatic carbocycles. The number of likely N-dealkylation sites (tertiary alicyclic amines) is 1. The standard InChI is InChI=1S/C24H25NO5/c1-2-29-18-11-6-10-17(14-18)21-20(22(26)16-8-4-3-5-9-16)23(27)24(28)25(21)15-19-12-7-13-30-19/h3-6,8-11,14,19,21,26H,2,7,12-13,15H2,1H3/b22-20-. The Morgan fingerprint density at radius 1 is 1.17 bits per heavy atom. The monoisotopic (exact) mass is 407 g/mol. The maximum absolute atomic E-state index is 13.0. The molecule has 2 aromatic rings. The number of aliphatic hydroxyl groups is 1. The number of carbonyl (C=O) groups is 2. The van der Waals surface area contributed by atoms with E-state index in [0.717, 1.165) is 18.4 Å². The van der Waals surface area contributed by atoms with Crippen LogP contribution in [0.5, 0.6) is 5.75 Å². The largest absolute Gasteiger partial charge is 0.507 e. The van der Waals surface area contributed by atoms with Crippen molar-refractivity contribution in [2.24, 2.45) is 0 Å². The molecule has 2 heterocycles. The zero-order chi connectivity index (χ0) is 21.1. The topological polar surface area (TPSA) is 76.1 Å². The number of Topliss-reactive ketones (excluding diaryl/α,β-unsaturated/α-hetero) is 1. The van der Waals surface area contributed by atoms with E-state index in [9.17, 15) is 14.7 Å². The lowest BCUT2D eigenvalue weighted by Crippen LogP contribution is -2.36. The highest BCUT2D eigenvalue weighted by Gasteiger charge is 2.47. The predicted octanol–water partition coefficient (Wildman–Crippen LogP) is 3.69. The number of hydrogen-bond acceptors (Lipinski definition) is 5. The maximum atomic E-state index is 13.0. The number of hydrogen-bond donors (Lipinski definition) is 1. The molecular weight excluding hydrogens is 382 g/mol. The van der Waals surface area contributed by atoms with Crippen molar-refractivity contribution in [2.75, 3.05) is 19.8 Å². The fourth-order valence-electron chi connectivity index (χ4n) is 4.12. The highest BCUT2D eigenvalue weighted by Crippen LogP contribution is 2.40. The Kier molecular flexibility index (Phi) is 5.86. The summed E-state index contributed by atoms with van der Waals surface area (Å²) in [6.45, 7) is 3.36. The molecule has 0 bridgehead atoms. The second kappa shape index (κ2) is 8.71. The van der Waals surface area contributed by atoms with Crippen molar-refractivity contribution in [3.63, 3.8) is 0 Å². The first-order valence-corrected chi connectivity index (χ1v) is 10.3. The first-order valence-electron chi connectivity index (χ1n) is 10.3. The van der Waals surface area contributed by atoms with Crippen molar-refractivity contribution in [1.29, 1.82) is 0 Å². The highest BCUT2D eigenvalue weighted by molar-refractivity contribution is 6.46. The third kappa shape index (κ3) is 3.83. The Morgan fingerprint density at radius 3 is 2.67 bits per heavy atom. The molecule has 30 heavy (non-hydrogen) atoms. The second-order valence-electron chi connectivity index (χ2n) is 7.46. The summed E-state index contributed by atoms with van der Waals surface area (Å²) in [6, 6.07) is 15.5. The summed E-state index contributed by atoms with van der Waals surface area (Å²) in [5, 5.41) is 11.0. The fraction of sp³-hybridized carbons (Fsp3) is 0.333. The smallest absolute Gasteiger partial charge is 0.295 e. The highest BCUT2D eigenvalue weighted by atomic mass is 16.5. The summed E-state index contributed by atoms with van der Waals surface area (Å²) < 4.78 is 11.3. The quantitative estimate of drug-likeness (QED) is 0.449. The van der Waals surface area contributed by atoms with Crippen molar-refractivity contribution < 1.29 is 24.2 Å². The van der Waals surface area contributed by atoms with E-state index >= 15 is 0 Å². The minimum absolute atomic E-state index is 0.0952. The van der Waals surface area contributed by atoms with Crippen molar-refractivity contribution >= 4 is 17.4 Å². The van der Waals surface area contributed by atoms with Crippen LogP contribution in [-0.2, 0) is 14.3 Å². The third-order valence-electron chi connectivity index (χ3n) is 5.50. The minimum atomic E-state index is -0.699. The summed E-state index contributed by atoms with van der Waals surface area (Å²) in [6.07, 6.45) is 1.66. The Labute approximate surface area is 175 Å². The van der Waals surface area contributed by atoms with Crippen LogP contribution in [0.2, 0.25) is 0 Å². The van der Waals surface area contributed by atoms with Gasteiger partial charge in [0.05, 0.1) is 24.3 Å². The molecule has 156 valence electrons. The molecule has 0 saturated carbocycles. The molecule has 2 aliphatic rings. The lowest BCUT2D eigenvalue weighted by atomic mass is 9.95. The Bertz CT molecular complexity index is 963. The SMILES string of the molecule is CCOc1cccc(C2/C(=C(/O)c3ccccc3)C(=O)C(=O)N2CC2CCCO2)c1. The van der Waals surface area contributed by atoms with Crippen molar-refractivity contribution in [1.82, 2.24) is 4.90 Å². The summed E-state index contributed by atoms with van der Waals surface area (Å²) in [5.74, 6) is -0.816. The van der Waals surface area contributed by atoms with Crippen LogP contribution in [0.15, 0.2) is 60.2 Å². The number of aliphatic hydroxyl groups excluding tert-OH is 1. The van der Waals surface area contributed by atoms with Gasteiger partial charge >= 0.3 is 0 Å². The summed E-state index contributed by atoms with van der Waals surface area (Å²) in [4.78, 5) is 27.5. The van der Waals surface area contributed by atoms with Gasteiger partial charge < -0.3 is 19.5 Å². The maximum Gasteiger partial charge on any atom is 0.295 e. The molecule has 2 atom stereocenters. The summed E-state index contributed by atoms with van der Waals surface area (Å²) >= 11 is 0.